The number of carbonyl (C=O) groups is 2. The molecular weight excluding hydrogens is 278 g/mol. The van der Waals surface area contributed by atoms with Gasteiger partial charge in [-0.25, -0.2) is 0 Å². The fourth-order valence-electron chi connectivity index (χ4n) is 2.60. The maximum absolute atomic E-state index is 12.1. The lowest BCUT2D eigenvalue weighted by Crippen LogP contribution is -2.49. The van der Waals surface area contributed by atoms with Gasteiger partial charge in [-0.1, -0.05) is 18.9 Å². The van der Waals surface area contributed by atoms with E-state index in [9.17, 15) is 9.59 Å². The van der Waals surface area contributed by atoms with E-state index in [1.807, 2.05) is 6.92 Å². The fraction of sp³-hybridized carbons (Fsp3) is 0.846. The Bertz CT molecular complexity index is 352. The molecule has 2 amide bonds. The van der Waals surface area contributed by atoms with Gasteiger partial charge in [0, 0.05) is 18.9 Å². The first-order valence-corrected chi connectivity index (χ1v) is 7.99. The number of amides is 2. The standard InChI is InChI=1S/C13H23N3O3S/c1-9(13(18)14-15-20-10-5-6-10)12(19-2)11-4-3-7-16(11)8-17/h8-12,15H,3-7H2,1-2H3,(H,14,18)/t9-,11+,12-/m1/s1. The molecule has 7 heteroatoms. The van der Waals surface area contributed by atoms with Gasteiger partial charge in [0.1, 0.15) is 0 Å². The van der Waals surface area contributed by atoms with Crippen molar-refractivity contribution >= 4 is 24.3 Å². The molecule has 0 aromatic carbocycles. The van der Waals surface area contributed by atoms with Crippen molar-refractivity contribution in [2.45, 2.75) is 50.0 Å². The summed E-state index contributed by atoms with van der Waals surface area (Å²) in [6.45, 7) is 2.59. The molecular formula is C13H23N3O3S. The zero-order valence-electron chi connectivity index (χ0n) is 12.0. The number of carbonyl (C=O) groups excluding carboxylic acids is 2. The van der Waals surface area contributed by atoms with Gasteiger partial charge in [0.2, 0.25) is 12.3 Å². The molecule has 0 spiro atoms. The van der Waals surface area contributed by atoms with Crippen LogP contribution in [0.25, 0.3) is 0 Å². The van der Waals surface area contributed by atoms with Gasteiger partial charge in [0.05, 0.1) is 18.1 Å². The van der Waals surface area contributed by atoms with Crippen molar-refractivity contribution in [2.75, 3.05) is 13.7 Å². The Morgan fingerprint density at radius 3 is 2.80 bits per heavy atom. The highest BCUT2D eigenvalue weighted by molar-refractivity contribution is 7.98. The monoisotopic (exact) mass is 301 g/mol. The van der Waals surface area contributed by atoms with E-state index >= 15 is 0 Å². The van der Waals surface area contributed by atoms with Crippen LogP contribution < -0.4 is 10.3 Å². The van der Waals surface area contributed by atoms with E-state index in [1.165, 1.54) is 12.8 Å². The van der Waals surface area contributed by atoms with E-state index < -0.39 is 0 Å². The molecule has 2 aliphatic rings. The van der Waals surface area contributed by atoms with Crippen molar-refractivity contribution in [1.82, 2.24) is 15.2 Å². The Labute approximate surface area is 124 Å². The molecule has 3 atom stereocenters. The summed E-state index contributed by atoms with van der Waals surface area (Å²) in [6, 6.07) is -0.00525. The number of methoxy groups -OCH3 is 1. The van der Waals surface area contributed by atoms with Crippen LogP contribution in [0, 0.1) is 5.92 Å². The number of rotatable bonds is 8. The lowest BCUT2D eigenvalue weighted by molar-refractivity contribution is -0.134. The van der Waals surface area contributed by atoms with Crippen LogP contribution in [0.2, 0.25) is 0 Å². The highest BCUT2D eigenvalue weighted by Crippen LogP contribution is 2.31. The molecule has 0 aromatic heterocycles. The molecule has 1 saturated heterocycles. The summed E-state index contributed by atoms with van der Waals surface area (Å²) in [5, 5.41) is 0.629. The zero-order chi connectivity index (χ0) is 14.5. The summed E-state index contributed by atoms with van der Waals surface area (Å²) >= 11 is 1.56. The Balaban J connectivity index is 1.84. The molecule has 1 aliphatic heterocycles. The molecule has 0 aromatic rings. The Morgan fingerprint density at radius 2 is 2.20 bits per heavy atom. The quantitative estimate of drug-likeness (QED) is 0.392. The molecule has 20 heavy (non-hydrogen) atoms. The van der Waals surface area contributed by atoms with Gasteiger partial charge < -0.3 is 9.64 Å². The summed E-state index contributed by atoms with van der Waals surface area (Å²) in [7, 11) is 1.60. The highest BCUT2D eigenvalue weighted by Gasteiger charge is 2.37. The van der Waals surface area contributed by atoms with Crippen LogP contribution in [0.4, 0.5) is 0 Å². The highest BCUT2D eigenvalue weighted by atomic mass is 32.2. The molecule has 1 aliphatic carbocycles. The third-order valence-corrected chi connectivity index (χ3v) is 4.98. The Kier molecular flexibility index (Phi) is 5.68. The lowest BCUT2D eigenvalue weighted by Gasteiger charge is -2.31. The van der Waals surface area contributed by atoms with E-state index in [1.54, 1.807) is 24.0 Å². The van der Waals surface area contributed by atoms with Gasteiger partial charge in [-0.05, 0) is 25.7 Å². The average Bonchev–Trinajstić information content (AvgIpc) is 3.15. The predicted octanol–water partition coefficient (Wildman–Crippen LogP) is 0.690. The third kappa shape index (κ3) is 3.86. The molecule has 2 N–H and O–H groups in total. The second-order valence-electron chi connectivity index (χ2n) is 5.45. The van der Waals surface area contributed by atoms with Crippen LogP contribution in [0.5, 0.6) is 0 Å². The van der Waals surface area contributed by atoms with Gasteiger partial charge in [-0.2, -0.15) is 4.83 Å². The SMILES string of the molecule is CO[C@H]([C@@H](C)C(=O)NNSC1CC1)[C@@H]1CCCN1C=O. The third-order valence-electron chi connectivity index (χ3n) is 3.96. The van der Waals surface area contributed by atoms with Crippen molar-refractivity contribution in [3.8, 4) is 0 Å². The smallest absolute Gasteiger partial charge is 0.240 e. The van der Waals surface area contributed by atoms with E-state index in [2.05, 4.69) is 10.3 Å². The van der Waals surface area contributed by atoms with Crippen molar-refractivity contribution in [3.05, 3.63) is 0 Å². The van der Waals surface area contributed by atoms with Crippen LogP contribution in [0.15, 0.2) is 0 Å². The van der Waals surface area contributed by atoms with Crippen molar-refractivity contribution in [1.29, 1.82) is 0 Å². The summed E-state index contributed by atoms with van der Waals surface area (Å²) in [5.41, 5.74) is 2.71. The normalized spacial score (nSPS) is 25.3. The molecule has 1 heterocycles. The van der Waals surface area contributed by atoms with Crippen LogP contribution in [0.3, 0.4) is 0 Å². The number of nitrogens with zero attached hydrogens (tertiary/aromatic N) is 1. The lowest BCUT2D eigenvalue weighted by atomic mass is 9.95. The second kappa shape index (κ2) is 7.28. The molecule has 0 bridgehead atoms. The summed E-state index contributed by atoms with van der Waals surface area (Å²) in [5.74, 6) is -0.402. The molecule has 0 unspecified atom stereocenters. The average molecular weight is 301 g/mol. The number of hydrogen-bond acceptors (Lipinski definition) is 5. The zero-order valence-corrected chi connectivity index (χ0v) is 12.8. The van der Waals surface area contributed by atoms with Crippen LogP contribution in [0.1, 0.15) is 32.6 Å². The maximum atomic E-state index is 12.1. The number of hydrazine groups is 1. The molecule has 2 rings (SSSR count). The van der Waals surface area contributed by atoms with E-state index in [-0.39, 0.29) is 24.0 Å². The number of likely N-dealkylation sites (tertiary alicyclic amines) is 1. The summed E-state index contributed by atoms with van der Waals surface area (Å²) in [6.07, 6.45) is 4.86. The number of hydrogen-bond donors (Lipinski definition) is 2. The topological polar surface area (TPSA) is 70.7 Å². The van der Waals surface area contributed by atoms with E-state index in [0.717, 1.165) is 25.8 Å². The van der Waals surface area contributed by atoms with Crippen molar-refractivity contribution < 1.29 is 14.3 Å². The number of ether oxygens (including phenoxy) is 1. The maximum Gasteiger partial charge on any atom is 0.240 e. The minimum Gasteiger partial charge on any atom is -0.378 e. The largest absolute Gasteiger partial charge is 0.378 e. The van der Waals surface area contributed by atoms with Crippen molar-refractivity contribution in [3.63, 3.8) is 0 Å². The second-order valence-corrected chi connectivity index (χ2v) is 6.56. The first-order valence-electron chi connectivity index (χ1n) is 7.11. The first-order chi connectivity index (χ1) is 9.67. The van der Waals surface area contributed by atoms with Gasteiger partial charge >= 0.3 is 0 Å². The predicted molar refractivity (Wildman–Crippen MR) is 77.6 cm³/mol. The van der Waals surface area contributed by atoms with E-state index in [0.29, 0.717) is 5.25 Å². The molecule has 2 fully saturated rings. The molecule has 1 saturated carbocycles. The Hall–Kier alpha value is -0.790. The first kappa shape index (κ1) is 15.6. The number of nitrogens with one attached hydrogen (secondary N) is 2. The molecule has 6 nitrogen and oxygen atoms in total. The van der Waals surface area contributed by atoms with Gasteiger partial charge in [0.25, 0.3) is 0 Å². The van der Waals surface area contributed by atoms with Gasteiger partial charge in [-0.3, -0.25) is 15.0 Å². The molecule has 114 valence electrons. The minimum absolute atomic E-state index is 0.00525. The van der Waals surface area contributed by atoms with E-state index in [4.69, 9.17) is 4.74 Å². The Morgan fingerprint density at radius 1 is 1.45 bits per heavy atom. The van der Waals surface area contributed by atoms with Crippen LogP contribution in [-0.4, -0.2) is 48.3 Å². The fourth-order valence-corrected chi connectivity index (χ4v) is 3.30. The minimum atomic E-state index is -0.308. The summed E-state index contributed by atoms with van der Waals surface area (Å²) < 4.78 is 5.49. The van der Waals surface area contributed by atoms with Crippen LogP contribution >= 0.6 is 11.9 Å². The van der Waals surface area contributed by atoms with Crippen LogP contribution in [-0.2, 0) is 14.3 Å². The van der Waals surface area contributed by atoms with Gasteiger partial charge in [-0.15, -0.1) is 0 Å². The summed E-state index contributed by atoms with van der Waals surface area (Å²) in [4.78, 5) is 27.8. The molecule has 0 radical (unpaired) electrons. The van der Waals surface area contributed by atoms with Gasteiger partial charge in [0.15, 0.2) is 0 Å². The van der Waals surface area contributed by atoms with Crippen molar-refractivity contribution in [2.24, 2.45) is 5.92 Å².